The van der Waals surface area contributed by atoms with Crippen molar-refractivity contribution in [1.29, 1.82) is 0 Å². The van der Waals surface area contributed by atoms with Crippen molar-refractivity contribution in [1.82, 2.24) is 14.9 Å². The molecular weight excluding hydrogens is 557 g/mol. The van der Waals surface area contributed by atoms with Gasteiger partial charge in [0.25, 0.3) is 0 Å². The lowest BCUT2D eigenvalue weighted by atomic mass is 9.63. The van der Waals surface area contributed by atoms with Gasteiger partial charge in [-0.15, -0.1) is 0 Å². The molecule has 1 aromatic carbocycles. The maximum Gasteiger partial charge on any atom is 0.303 e. The highest BCUT2D eigenvalue weighted by Gasteiger charge is 2.48. The van der Waals surface area contributed by atoms with Crippen molar-refractivity contribution in [3.63, 3.8) is 0 Å². The summed E-state index contributed by atoms with van der Waals surface area (Å²) >= 11 is 19.2. The zero-order chi connectivity index (χ0) is 27.9. The Labute approximate surface area is 246 Å². The Balaban J connectivity index is 1.27. The smallest absolute Gasteiger partial charge is 0.303 e. The molecule has 3 atom stereocenters. The third-order valence-electron chi connectivity index (χ3n) is 8.94. The van der Waals surface area contributed by atoms with Crippen molar-refractivity contribution in [3.05, 3.63) is 44.5 Å². The second-order valence-corrected chi connectivity index (χ2v) is 13.3. The van der Waals surface area contributed by atoms with Crippen LogP contribution in [0, 0.1) is 18.3 Å². The van der Waals surface area contributed by atoms with E-state index in [0.717, 1.165) is 50.2 Å². The van der Waals surface area contributed by atoms with Gasteiger partial charge in [0.15, 0.2) is 5.82 Å². The van der Waals surface area contributed by atoms with E-state index in [9.17, 15) is 9.90 Å². The molecule has 2 saturated heterocycles. The topological polar surface area (TPSA) is 81.6 Å². The van der Waals surface area contributed by atoms with E-state index in [1.54, 1.807) is 6.07 Å². The summed E-state index contributed by atoms with van der Waals surface area (Å²) < 4.78 is 0. The molecule has 7 nitrogen and oxygen atoms in total. The van der Waals surface area contributed by atoms with Crippen LogP contribution in [0.2, 0.25) is 15.1 Å². The Kier molecular flexibility index (Phi) is 8.54. The van der Waals surface area contributed by atoms with Crippen LogP contribution in [0.5, 0.6) is 0 Å². The van der Waals surface area contributed by atoms with Gasteiger partial charge in [0.05, 0.1) is 18.2 Å². The number of rotatable bonds is 8. The summed E-state index contributed by atoms with van der Waals surface area (Å²) in [6.07, 6.45) is 7.02. The summed E-state index contributed by atoms with van der Waals surface area (Å²) in [4.78, 5) is 25.9. The molecule has 1 aromatic heterocycles. The molecule has 3 heterocycles. The standard InChI is InChI=1S/C29H38Cl3N5O2/c1-17(22-8-7-20(30)12-23(22)31)33-27-26(32)18(2)34-28(35-27)36-11-9-19(16-36)24-6-4-5-10-37(24)21-13-29(3,14-21)15-25(38)39/h7-8,12,17,19,21,24H,4-6,9-11,13-16H2,1-3H3,(H,38,39)(H,33,34,35)/t17-,19?,21?,24?,29?/m1/s1. The van der Waals surface area contributed by atoms with Crippen LogP contribution in [0.3, 0.4) is 0 Å². The lowest BCUT2D eigenvalue weighted by Crippen LogP contribution is -2.57. The highest BCUT2D eigenvalue weighted by atomic mass is 35.5. The number of carbonyl (C=O) groups is 1. The van der Waals surface area contributed by atoms with Gasteiger partial charge in [0.2, 0.25) is 5.95 Å². The van der Waals surface area contributed by atoms with Crippen LogP contribution < -0.4 is 10.2 Å². The van der Waals surface area contributed by atoms with Gasteiger partial charge in [0, 0.05) is 35.2 Å². The van der Waals surface area contributed by atoms with Crippen molar-refractivity contribution < 1.29 is 9.90 Å². The first-order valence-corrected chi connectivity index (χ1v) is 15.1. The first-order chi connectivity index (χ1) is 18.5. The number of anilines is 2. The quantitative estimate of drug-likeness (QED) is 0.333. The normalized spacial score (nSPS) is 28.3. The highest BCUT2D eigenvalue weighted by molar-refractivity contribution is 6.35. The van der Waals surface area contributed by atoms with Crippen LogP contribution in [-0.4, -0.2) is 57.7 Å². The zero-order valence-corrected chi connectivity index (χ0v) is 25.2. The molecule has 5 rings (SSSR count). The maximum atomic E-state index is 11.3. The summed E-state index contributed by atoms with van der Waals surface area (Å²) in [6.45, 7) is 9.01. The molecule has 2 aromatic rings. The van der Waals surface area contributed by atoms with Gasteiger partial charge >= 0.3 is 5.97 Å². The molecule has 10 heteroatoms. The van der Waals surface area contributed by atoms with E-state index in [1.165, 1.54) is 19.3 Å². The molecule has 2 unspecified atom stereocenters. The minimum absolute atomic E-state index is 0.0638. The molecule has 212 valence electrons. The van der Waals surface area contributed by atoms with Crippen molar-refractivity contribution in [2.45, 2.75) is 83.8 Å². The fourth-order valence-corrected chi connectivity index (χ4v) is 7.67. The summed E-state index contributed by atoms with van der Waals surface area (Å²) in [5.41, 5.74) is 1.60. The molecule has 3 fully saturated rings. The predicted molar refractivity (Wildman–Crippen MR) is 158 cm³/mol. The fraction of sp³-hybridized carbons (Fsp3) is 0.621. The minimum atomic E-state index is -0.685. The number of piperidine rings is 1. The van der Waals surface area contributed by atoms with Crippen LogP contribution in [0.1, 0.15) is 76.1 Å². The summed E-state index contributed by atoms with van der Waals surface area (Å²) in [7, 11) is 0. The molecule has 0 bridgehead atoms. The van der Waals surface area contributed by atoms with E-state index in [-0.39, 0.29) is 17.9 Å². The highest BCUT2D eigenvalue weighted by Crippen LogP contribution is 2.48. The van der Waals surface area contributed by atoms with E-state index >= 15 is 0 Å². The second-order valence-electron chi connectivity index (χ2n) is 12.0. The number of hydrogen-bond acceptors (Lipinski definition) is 6. The number of nitrogens with zero attached hydrogens (tertiary/aromatic N) is 4. The Morgan fingerprint density at radius 3 is 2.67 bits per heavy atom. The van der Waals surface area contributed by atoms with Gasteiger partial charge in [-0.05, 0) is 81.5 Å². The number of aromatic nitrogens is 2. The predicted octanol–water partition coefficient (Wildman–Crippen LogP) is 7.24. The number of benzene rings is 1. The summed E-state index contributed by atoms with van der Waals surface area (Å²) in [5, 5.41) is 14.4. The van der Waals surface area contributed by atoms with Crippen molar-refractivity contribution >= 4 is 52.5 Å². The minimum Gasteiger partial charge on any atom is -0.481 e. The summed E-state index contributed by atoms with van der Waals surface area (Å²) in [6, 6.07) is 6.39. The van der Waals surface area contributed by atoms with E-state index < -0.39 is 5.97 Å². The van der Waals surface area contributed by atoms with Gasteiger partial charge in [-0.25, -0.2) is 4.98 Å². The van der Waals surface area contributed by atoms with Crippen molar-refractivity contribution in [3.8, 4) is 0 Å². The van der Waals surface area contributed by atoms with Gasteiger partial charge in [-0.3, -0.25) is 9.69 Å². The van der Waals surface area contributed by atoms with Crippen LogP contribution in [0.4, 0.5) is 11.8 Å². The van der Waals surface area contributed by atoms with E-state index in [4.69, 9.17) is 44.8 Å². The van der Waals surface area contributed by atoms with Crippen LogP contribution in [0.25, 0.3) is 0 Å². The summed E-state index contributed by atoms with van der Waals surface area (Å²) in [5.74, 6) is 1.17. The fourth-order valence-electron chi connectivity index (χ4n) is 6.96. The number of hydrogen-bond donors (Lipinski definition) is 2. The first kappa shape index (κ1) is 28.7. The third-order valence-corrected chi connectivity index (χ3v) is 9.95. The van der Waals surface area contributed by atoms with Crippen LogP contribution in [-0.2, 0) is 4.79 Å². The molecular formula is C29H38Cl3N5O2. The van der Waals surface area contributed by atoms with Crippen molar-refractivity contribution in [2.24, 2.45) is 11.3 Å². The largest absolute Gasteiger partial charge is 0.481 e. The van der Waals surface area contributed by atoms with Crippen molar-refractivity contribution in [2.75, 3.05) is 29.9 Å². The number of halogens is 3. The van der Waals surface area contributed by atoms with Gasteiger partial charge < -0.3 is 15.3 Å². The Bertz CT molecular complexity index is 1220. The van der Waals surface area contributed by atoms with E-state index in [1.807, 2.05) is 26.0 Å². The van der Waals surface area contributed by atoms with Gasteiger partial charge in [-0.1, -0.05) is 54.2 Å². The lowest BCUT2D eigenvalue weighted by Gasteiger charge is -2.54. The second kappa shape index (κ2) is 11.6. The molecule has 0 spiro atoms. The number of carboxylic acids is 1. The molecule has 0 radical (unpaired) electrons. The SMILES string of the molecule is Cc1nc(N2CCC(C3CCCCN3C3CC(C)(CC(=O)O)C3)C2)nc(N[C@H](C)c2ccc(Cl)cc2Cl)c1Cl. The third kappa shape index (κ3) is 6.27. The lowest BCUT2D eigenvalue weighted by molar-refractivity contribution is -0.143. The number of aryl methyl sites for hydroxylation is 1. The number of likely N-dealkylation sites (tertiary alicyclic amines) is 1. The number of aliphatic carboxylic acids is 1. The first-order valence-electron chi connectivity index (χ1n) is 14.0. The molecule has 2 aliphatic heterocycles. The van der Waals surface area contributed by atoms with E-state index in [0.29, 0.717) is 44.8 Å². The molecule has 3 aliphatic rings. The monoisotopic (exact) mass is 593 g/mol. The number of carboxylic acid groups (broad SMARTS) is 1. The Hall–Kier alpha value is -1.80. The maximum absolute atomic E-state index is 11.3. The number of nitrogens with one attached hydrogen (secondary N) is 1. The molecule has 1 aliphatic carbocycles. The average Bonchev–Trinajstić information content (AvgIpc) is 3.35. The zero-order valence-electron chi connectivity index (χ0n) is 22.9. The molecule has 0 amide bonds. The Morgan fingerprint density at radius 1 is 1.18 bits per heavy atom. The van der Waals surface area contributed by atoms with Crippen LogP contribution in [0.15, 0.2) is 18.2 Å². The molecule has 2 N–H and O–H groups in total. The van der Waals surface area contributed by atoms with E-state index in [2.05, 4.69) is 22.0 Å². The Morgan fingerprint density at radius 2 is 1.95 bits per heavy atom. The van der Waals surface area contributed by atoms with Crippen LogP contribution >= 0.6 is 34.8 Å². The molecule has 1 saturated carbocycles. The van der Waals surface area contributed by atoms with Gasteiger partial charge in [-0.2, -0.15) is 4.98 Å². The average molecular weight is 595 g/mol. The van der Waals surface area contributed by atoms with Gasteiger partial charge in [0.1, 0.15) is 5.02 Å². The molecule has 39 heavy (non-hydrogen) atoms.